The fourth-order valence-corrected chi connectivity index (χ4v) is 3.45. The van der Waals surface area contributed by atoms with Crippen LogP contribution in [0.3, 0.4) is 0 Å². The lowest BCUT2D eigenvalue weighted by molar-refractivity contribution is 0.331. The fraction of sp³-hybridized carbons (Fsp3) is 0.174. The zero-order valence-corrected chi connectivity index (χ0v) is 16.2. The van der Waals surface area contributed by atoms with Gasteiger partial charge in [-0.3, -0.25) is 0 Å². The average molecular weight is 384 g/mol. The number of benzene rings is 2. The molecule has 4 rings (SSSR count). The summed E-state index contributed by atoms with van der Waals surface area (Å²) in [5, 5.41) is 14.7. The summed E-state index contributed by atoms with van der Waals surface area (Å²) in [4.78, 5) is 4.29. The number of hydrogen-bond donors (Lipinski definition) is 0. The Bertz CT molecular complexity index is 1110. The Balaban J connectivity index is 1.94. The highest BCUT2D eigenvalue weighted by Gasteiger charge is 2.36. The van der Waals surface area contributed by atoms with Crippen LogP contribution in [0.2, 0.25) is 0 Å². The molecule has 2 aromatic carbocycles. The third-order valence-corrected chi connectivity index (χ3v) is 4.73. The van der Waals surface area contributed by atoms with E-state index in [4.69, 9.17) is 14.6 Å². The Hall–Kier alpha value is -3.85. The van der Waals surface area contributed by atoms with E-state index in [0.717, 1.165) is 22.5 Å². The normalized spacial score (nSPS) is 15.7. The number of rotatable bonds is 5. The predicted octanol–water partition coefficient (Wildman–Crippen LogP) is 4.51. The first kappa shape index (κ1) is 18.5. The lowest BCUT2D eigenvalue weighted by Gasteiger charge is -2.24. The molecule has 144 valence electrons. The molecular weight excluding hydrogens is 364 g/mol. The summed E-state index contributed by atoms with van der Waals surface area (Å²) in [7, 11) is 0. The van der Waals surface area contributed by atoms with Crippen LogP contribution in [0.5, 0.6) is 5.88 Å². The van der Waals surface area contributed by atoms with Gasteiger partial charge in [0.15, 0.2) is 6.40 Å². The third kappa shape index (κ3) is 3.39. The minimum absolute atomic E-state index is 0.222. The van der Waals surface area contributed by atoms with Crippen molar-refractivity contribution in [1.82, 2.24) is 9.78 Å². The Morgan fingerprint density at radius 3 is 2.52 bits per heavy atom. The van der Waals surface area contributed by atoms with Gasteiger partial charge in [-0.2, -0.15) is 15.4 Å². The van der Waals surface area contributed by atoms with Crippen molar-refractivity contribution in [2.45, 2.75) is 19.8 Å². The number of aromatic nitrogens is 2. The summed E-state index contributed by atoms with van der Waals surface area (Å²) in [6.45, 7) is 4.28. The molecule has 0 radical (unpaired) electrons. The van der Waals surface area contributed by atoms with Crippen molar-refractivity contribution in [1.29, 1.82) is 5.26 Å². The molecule has 0 fully saturated rings. The molecule has 0 spiro atoms. The van der Waals surface area contributed by atoms with Gasteiger partial charge < -0.3 is 9.47 Å². The van der Waals surface area contributed by atoms with E-state index in [2.05, 4.69) is 11.1 Å². The van der Waals surface area contributed by atoms with Crippen molar-refractivity contribution in [3.63, 3.8) is 0 Å². The van der Waals surface area contributed by atoms with Crippen molar-refractivity contribution in [2.75, 3.05) is 6.61 Å². The van der Waals surface area contributed by atoms with E-state index in [9.17, 15) is 5.26 Å². The maximum Gasteiger partial charge on any atom is 0.238 e. The maximum atomic E-state index is 9.96. The number of aryl methyl sites for hydroxylation is 1. The van der Waals surface area contributed by atoms with Crippen LogP contribution in [0.15, 0.2) is 77.1 Å². The highest BCUT2D eigenvalue weighted by atomic mass is 16.5. The highest BCUT2D eigenvalue weighted by molar-refractivity contribution is 5.59. The summed E-state index contributed by atoms with van der Waals surface area (Å²) in [6, 6.07) is 21.9. The average Bonchev–Trinajstić information content (AvgIpc) is 3.10. The monoisotopic (exact) mass is 384 g/mol. The maximum absolute atomic E-state index is 9.96. The van der Waals surface area contributed by atoms with Crippen LogP contribution in [-0.2, 0) is 4.74 Å². The summed E-state index contributed by atoms with van der Waals surface area (Å²) in [6.07, 6.45) is 1.32. The Morgan fingerprint density at radius 2 is 1.86 bits per heavy atom. The van der Waals surface area contributed by atoms with Gasteiger partial charge in [0.1, 0.15) is 11.6 Å². The summed E-state index contributed by atoms with van der Waals surface area (Å²) in [5.74, 6) is 0.459. The first-order valence-corrected chi connectivity index (χ1v) is 9.40. The third-order valence-electron chi connectivity index (χ3n) is 4.73. The molecule has 0 unspecified atom stereocenters. The molecule has 0 amide bonds. The van der Waals surface area contributed by atoms with Crippen molar-refractivity contribution < 1.29 is 9.47 Å². The van der Waals surface area contributed by atoms with Crippen LogP contribution in [0.4, 0.5) is 0 Å². The minimum Gasteiger partial charge on any atom is -0.483 e. The number of allylic oxidation sites excluding steroid dienone is 1. The molecule has 0 aliphatic carbocycles. The molecule has 1 aliphatic rings. The molecule has 1 atom stereocenters. The molecular formula is C23H20N4O2. The van der Waals surface area contributed by atoms with Gasteiger partial charge in [-0.1, -0.05) is 48.5 Å². The lowest BCUT2D eigenvalue weighted by atomic mass is 9.84. The second kappa shape index (κ2) is 8.03. The standard InChI is InChI=1S/C23H20N4O2/c1-3-28-15-25-22-19(14-24)21(17-10-6-4-7-11-17)20-16(2)26-27(23(20)29-22)18-12-8-5-9-13-18/h4-13,15,21H,3H2,1-2H3/t21-/m0/s1. The van der Waals surface area contributed by atoms with Crippen molar-refractivity contribution in [3.8, 4) is 17.6 Å². The van der Waals surface area contributed by atoms with Crippen molar-refractivity contribution >= 4 is 6.40 Å². The van der Waals surface area contributed by atoms with Crippen LogP contribution in [0, 0.1) is 18.3 Å². The molecule has 6 nitrogen and oxygen atoms in total. The molecule has 29 heavy (non-hydrogen) atoms. The molecule has 0 saturated carbocycles. The molecule has 0 bridgehead atoms. The largest absolute Gasteiger partial charge is 0.483 e. The van der Waals surface area contributed by atoms with Gasteiger partial charge in [-0.05, 0) is 31.5 Å². The number of fused-ring (bicyclic) bond motifs is 1. The number of ether oxygens (including phenoxy) is 2. The molecule has 2 heterocycles. The summed E-state index contributed by atoms with van der Waals surface area (Å²) < 4.78 is 13.1. The van der Waals surface area contributed by atoms with Crippen LogP contribution >= 0.6 is 0 Å². The lowest BCUT2D eigenvalue weighted by Crippen LogP contribution is -2.17. The van der Waals surface area contributed by atoms with Gasteiger partial charge in [0, 0.05) is 0 Å². The number of nitriles is 1. The molecule has 1 aliphatic heterocycles. The molecule has 0 N–H and O–H groups in total. The zero-order valence-electron chi connectivity index (χ0n) is 16.2. The van der Waals surface area contributed by atoms with Gasteiger partial charge in [0.2, 0.25) is 11.8 Å². The van der Waals surface area contributed by atoms with Crippen LogP contribution in [0.25, 0.3) is 5.69 Å². The van der Waals surface area contributed by atoms with Gasteiger partial charge in [-0.15, -0.1) is 0 Å². The first-order valence-electron chi connectivity index (χ1n) is 9.40. The zero-order chi connectivity index (χ0) is 20.2. The van der Waals surface area contributed by atoms with E-state index >= 15 is 0 Å². The van der Waals surface area contributed by atoms with Crippen LogP contribution in [0.1, 0.15) is 29.7 Å². The second-order valence-electron chi connectivity index (χ2n) is 6.52. The smallest absolute Gasteiger partial charge is 0.238 e. The van der Waals surface area contributed by atoms with Gasteiger partial charge in [0.25, 0.3) is 0 Å². The quantitative estimate of drug-likeness (QED) is 0.479. The van der Waals surface area contributed by atoms with E-state index in [-0.39, 0.29) is 11.8 Å². The molecule has 6 heteroatoms. The van der Waals surface area contributed by atoms with E-state index in [1.54, 1.807) is 4.68 Å². The van der Waals surface area contributed by atoms with Crippen molar-refractivity contribution in [3.05, 3.63) is 88.9 Å². The fourth-order valence-electron chi connectivity index (χ4n) is 3.45. The minimum atomic E-state index is -0.323. The summed E-state index contributed by atoms with van der Waals surface area (Å²) >= 11 is 0. The number of aliphatic imine (C=N–C) groups is 1. The van der Waals surface area contributed by atoms with Gasteiger partial charge in [0.05, 0.1) is 29.5 Å². The van der Waals surface area contributed by atoms with E-state index in [1.807, 2.05) is 74.5 Å². The van der Waals surface area contributed by atoms with Gasteiger partial charge in [-0.25, -0.2) is 4.68 Å². The first-order chi connectivity index (χ1) is 14.2. The van der Waals surface area contributed by atoms with E-state index in [1.165, 1.54) is 6.40 Å². The molecule has 1 aromatic heterocycles. The molecule has 3 aromatic rings. The number of nitrogens with zero attached hydrogens (tertiary/aromatic N) is 4. The molecule has 0 saturated heterocycles. The number of hydrogen-bond acceptors (Lipinski definition) is 5. The van der Waals surface area contributed by atoms with E-state index < -0.39 is 0 Å². The van der Waals surface area contributed by atoms with E-state index in [0.29, 0.717) is 18.1 Å². The Labute approximate surface area is 169 Å². The Kier molecular flexibility index (Phi) is 5.12. The SMILES string of the molecule is CCOC=NC1=C(C#N)[C@H](c2ccccc2)c2c(C)nn(-c3ccccc3)c2O1. The highest BCUT2D eigenvalue weighted by Crippen LogP contribution is 2.45. The number of para-hydroxylation sites is 1. The Morgan fingerprint density at radius 1 is 1.17 bits per heavy atom. The predicted molar refractivity (Wildman–Crippen MR) is 110 cm³/mol. The second-order valence-corrected chi connectivity index (χ2v) is 6.52. The van der Waals surface area contributed by atoms with Crippen molar-refractivity contribution in [2.24, 2.45) is 4.99 Å². The summed E-state index contributed by atoms with van der Waals surface area (Å²) in [5.41, 5.74) is 3.95. The van der Waals surface area contributed by atoms with Crippen LogP contribution < -0.4 is 4.74 Å². The van der Waals surface area contributed by atoms with Gasteiger partial charge >= 0.3 is 0 Å². The topological polar surface area (TPSA) is 72.4 Å². The van der Waals surface area contributed by atoms with Crippen LogP contribution in [-0.4, -0.2) is 22.8 Å².